The van der Waals surface area contributed by atoms with Crippen molar-refractivity contribution in [3.63, 3.8) is 0 Å². The summed E-state index contributed by atoms with van der Waals surface area (Å²) >= 11 is 0.923. The number of imide groups is 1. The number of Topliss-reactive ketones (excluding diaryl/α,β-unsaturated/α-hetero) is 1. The van der Waals surface area contributed by atoms with Gasteiger partial charge in [-0.1, -0.05) is 92.1 Å². The molecule has 33 nitrogen and oxygen atoms in total. The normalized spacial score (nSPS) is 20.8. The minimum Gasteiger partial charge on any atom is -0.481 e. The predicted molar refractivity (Wildman–Crippen MR) is 359 cm³/mol. The number of nitrogens with one attached hydrogen (secondary N) is 10. The standard InChI is InChI=1S/C65H96N16O17S/c1-9-35(7)52-62(96)76-42(26-37-17-12-11-13-18-37)57(91)74-43(27-38-30-69-32-70-38)58(92)75-44(29-50(85)86)59(93)77-45(28-48(68)82)64(97)81(47(20-14-15-23-66)61(95)72-39(19-16-24-67)54(88)80-52)65(98)51(34(5)6)79-55(89)40(21-22-49(83)84)71-56(90)41(25-33(3)4)73-60(94)46-31-99-63(78-46)53(87)36(8)10-2/h11-13,17-18,30-36,39-45,47,51-52H,9-10,14-16,19-29,66-67H2,1-8H3,(H2,68,82)(H,69,70)(H,71,90)(H,72,95)(H,73,94)(H,74,91)(H,75,92)(H,76,96)(H,77,93)(H,79,89)(H,80,88)(H,83,84)(H,85,86)/t35-,36-,39+,40+,41-,42+,43-,44+,45-,47-,51-,52-/m0/s1. The van der Waals surface area contributed by atoms with E-state index in [-0.39, 0.29) is 86.1 Å². The van der Waals surface area contributed by atoms with Gasteiger partial charge in [-0.05, 0) is 87.8 Å². The molecule has 0 unspecified atom stereocenters. The van der Waals surface area contributed by atoms with Crippen molar-refractivity contribution in [1.82, 2.24) is 67.7 Å². The van der Waals surface area contributed by atoms with Gasteiger partial charge in [-0.2, -0.15) is 0 Å². The number of primary amides is 1. The van der Waals surface area contributed by atoms with Crippen LogP contribution in [0.15, 0.2) is 48.2 Å². The number of hydrogen-bond donors (Lipinski definition) is 15. The number of carbonyl (C=O) groups is 15. The highest BCUT2D eigenvalue weighted by Gasteiger charge is 2.46. The number of imidazole rings is 1. The van der Waals surface area contributed by atoms with Crippen molar-refractivity contribution in [3.8, 4) is 0 Å². The monoisotopic (exact) mass is 1400 g/mol. The molecule has 0 aliphatic carbocycles. The Hall–Kier alpha value is -9.57. The Labute approximate surface area is 577 Å². The summed E-state index contributed by atoms with van der Waals surface area (Å²) in [5.74, 6) is -20.3. The number of hydrogen-bond acceptors (Lipinski definition) is 20. The highest BCUT2D eigenvalue weighted by Crippen LogP contribution is 2.22. The van der Waals surface area contributed by atoms with Crippen molar-refractivity contribution in [2.24, 2.45) is 40.9 Å². The van der Waals surface area contributed by atoms with Crippen molar-refractivity contribution < 1.29 is 82.1 Å². The maximum Gasteiger partial charge on any atom is 0.305 e. The summed E-state index contributed by atoms with van der Waals surface area (Å²) in [6, 6.07) is -9.80. The molecule has 3 heterocycles. The fourth-order valence-corrected chi connectivity index (χ4v) is 11.4. The molecule has 0 saturated carbocycles. The first-order valence-corrected chi connectivity index (χ1v) is 34.0. The third kappa shape index (κ3) is 25.7. The van der Waals surface area contributed by atoms with Crippen LogP contribution in [0.5, 0.6) is 0 Å². The average Bonchev–Trinajstić information content (AvgIpc) is 0.904. The minimum atomic E-state index is -2.34. The third-order valence-corrected chi connectivity index (χ3v) is 17.4. The van der Waals surface area contributed by atoms with Gasteiger partial charge in [0.05, 0.1) is 19.2 Å². The predicted octanol–water partition coefficient (Wildman–Crippen LogP) is -0.874. The highest BCUT2D eigenvalue weighted by atomic mass is 32.1. The molecule has 1 saturated heterocycles. The number of benzene rings is 1. The summed E-state index contributed by atoms with van der Waals surface area (Å²) in [6.45, 7) is 13.0. The van der Waals surface area contributed by atoms with E-state index < -0.39 is 200 Å². The molecule has 3 aromatic rings. The molecular formula is C65H96N16O17S. The molecule has 544 valence electrons. The van der Waals surface area contributed by atoms with Gasteiger partial charge in [-0.3, -0.25) is 76.8 Å². The number of aliphatic carboxylic acids is 2. The summed E-state index contributed by atoms with van der Waals surface area (Å²) in [6.07, 6.45) is -1.88. The molecule has 1 aromatic carbocycles. The molecule has 2 aromatic heterocycles. The molecule has 34 heteroatoms. The number of ketones is 1. The van der Waals surface area contributed by atoms with Gasteiger partial charge in [0.2, 0.25) is 53.2 Å². The van der Waals surface area contributed by atoms with Gasteiger partial charge in [0.1, 0.15) is 66.1 Å². The molecule has 18 N–H and O–H groups in total. The van der Waals surface area contributed by atoms with Gasteiger partial charge in [0.25, 0.3) is 17.7 Å². The zero-order valence-corrected chi connectivity index (χ0v) is 57.8. The van der Waals surface area contributed by atoms with Gasteiger partial charge in [-0.15, -0.1) is 11.3 Å². The maximum atomic E-state index is 15.9. The molecule has 99 heavy (non-hydrogen) atoms. The molecule has 12 atom stereocenters. The number of amides is 12. The van der Waals surface area contributed by atoms with Crippen LogP contribution in [-0.2, 0) is 75.2 Å². The molecule has 0 radical (unpaired) electrons. The summed E-state index contributed by atoms with van der Waals surface area (Å²) in [4.78, 5) is 226. The second-order valence-corrected chi connectivity index (χ2v) is 26.1. The first kappa shape index (κ1) is 81.9. The molecule has 1 fully saturated rings. The number of aromatic amines is 1. The van der Waals surface area contributed by atoms with Gasteiger partial charge in [-0.25, -0.2) is 9.97 Å². The van der Waals surface area contributed by atoms with Crippen LogP contribution in [0.2, 0.25) is 0 Å². The number of rotatable bonds is 33. The van der Waals surface area contributed by atoms with E-state index in [9.17, 15) is 67.7 Å². The van der Waals surface area contributed by atoms with Gasteiger partial charge < -0.3 is 80.2 Å². The SMILES string of the molecule is CC[C@H](C)C(=O)c1nc(C(=O)N[C@@H](CC(C)C)C(=O)N[C@H](CCC(=O)O)C(=O)N[C@H](C(=O)N2C(=O)[C@H](CC(N)=O)NC(=O)[C@@H](CC(=O)O)NC(=O)[C@H](Cc3cnc[nH]3)NC(=O)[C@@H](Cc3ccccc3)NC(=O)[C@H]([C@@H](C)CC)NC(=O)[C@@H](CCCN)NC(=O)[C@@H]2CCCCN)C(C)C)cs1. The number of nitrogens with two attached hydrogens (primary N) is 3. The largest absolute Gasteiger partial charge is 0.481 e. The maximum absolute atomic E-state index is 15.9. The fourth-order valence-electron chi connectivity index (χ4n) is 10.6. The Morgan fingerprint density at radius 2 is 1.24 bits per heavy atom. The first-order valence-electron chi connectivity index (χ1n) is 33.1. The van der Waals surface area contributed by atoms with E-state index in [0.29, 0.717) is 16.9 Å². The van der Waals surface area contributed by atoms with Crippen LogP contribution in [0.1, 0.15) is 164 Å². The lowest BCUT2D eigenvalue weighted by Gasteiger charge is -2.37. The second-order valence-electron chi connectivity index (χ2n) is 25.3. The summed E-state index contributed by atoms with van der Waals surface area (Å²) in [5, 5.41) is 44.1. The van der Waals surface area contributed by atoms with Gasteiger partial charge >= 0.3 is 11.9 Å². The Morgan fingerprint density at radius 3 is 1.82 bits per heavy atom. The minimum absolute atomic E-state index is 0.0228. The highest BCUT2D eigenvalue weighted by molar-refractivity contribution is 7.12. The zero-order chi connectivity index (χ0) is 73.8. The van der Waals surface area contributed by atoms with E-state index >= 15 is 14.4 Å². The van der Waals surface area contributed by atoms with Crippen LogP contribution in [0, 0.1) is 23.7 Å². The van der Waals surface area contributed by atoms with E-state index in [1.165, 1.54) is 31.8 Å². The van der Waals surface area contributed by atoms with E-state index in [2.05, 4.69) is 62.8 Å². The average molecular weight is 1410 g/mol. The summed E-state index contributed by atoms with van der Waals surface area (Å²) in [5.41, 5.74) is 18.2. The molecule has 0 spiro atoms. The van der Waals surface area contributed by atoms with Crippen molar-refractivity contribution in [1.29, 1.82) is 0 Å². The number of thiazole rings is 1. The molecule has 4 rings (SSSR count). The Kier molecular flexibility index (Phi) is 33.4. The number of carbonyl (C=O) groups excluding carboxylic acids is 13. The number of unbranched alkanes of at least 4 members (excludes halogenated alkanes) is 1. The lowest BCUT2D eigenvalue weighted by molar-refractivity contribution is -0.157. The lowest BCUT2D eigenvalue weighted by Crippen LogP contribution is -2.65. The number of H-pyrrole nitrogens is 1. The third-order valence-electron chi connectivity index (χ3n) is 16.5. The lowest BCUT2D eigenvalue weighted by atomic mass is 9.96. The van der Waals surface area contributed by atoms with E-state index in [1.54, 1.807) is 71.9 Å². The van der Waals surface area contributed by atoms with E-state index in [0.717, 1.165) is 11.3 Å². The van der Waals surface area contributed by atoms with Gasteiger partial charge in [0.15, 0.2) is 10.8 Å². The smallest absolute Gasteiger partial charge is 0.305 e. The molecule has 12 amide bonds. The topological polar surface area (TPSA) is 528 Å². The van der Waals surface area contributed by atoms with Crippen LogP contribution in [0.4, 0.5) is 0 Å². The van der Waals surface area contributed by atoms with E-state index in [4.69, 9.17) is 17.2 Å². The molecule has 1 aliphatic heterocycles. The number of carboxylic acid groups (broad SMARTS) is 2. The Bertz CT molecular complexity index is 3310. The van der Waals surface area contributed by atoms with Crippen molar-refractivity contribution in [3.05, 3.63) is 70.2 Å². The van der Waals surface area contributed by atoms with Crippen molar-refractivity contribution in [2.45, 2.75) is 206 Å². The number of carboxylic acids is 2. The first-order chi connectivity index (χ1) is 46.8. The zero-order valence-electron chi connectivity index (χ0n) is 57.0. The number of nitrogens with zero attached hydrogens (tertiary/aromatic N) is 3. The van der Waals surface area contributed by atoms with Gasteiger partial charge in [0, 0.05) is 42.5 Å². The fraction of sp³-hybridized carbons (Fsp3) is 0.585. The van der Waals surface area contributed by atoms with Crippen LogP contribution < -0.4 is 65.1 Å². The molecule has 1 aliphatic rings. The van der Waals surface area contributed by atoms with E-state index in [1.807, 2.05) is 0 Å². The quantitative estimate of drug-likeness (QED) is 0.0260. The van der Waals surface area contributed by atoms with Crippen molar-refractivity contribution >= 4 is 99.9 Å². The summed E-state index contributed by atoms with van der Waals surface area (Å²) in [7, 11) is 0. The van der Waals surface area contributed by atoms with Crippen LogP contribution in [0.25, 0.3) is 0 Å². The van der Waals surface area contributed by atoms with Crippen LogP contribution in [0.3, 0.4) is 0 Å². The summed E-state index contributed by atoms with van der Waals surface area (Å²) < 4.78 is 0. The van der Waals surface area contributed by atoms with Crippen molar-refractivity contribution in [2.75, 3.05) is 13.1 Å². The number of aromatic nitrogens is 3. The Balaban J connectivity index is 1.98. The molecular weight excluding hydrogens is 1310 g/mol. The van der Waals surface area contributed by atoms with Crippen LogP contribution in [-0.4, -0.2) is 192 Å². The molecule has 0 bridgehead atoms. The Morgan fingerprint density at radius 1 is 0.646 bits per heavy atom. The van der Waals surface area contributed by atoms with Crippen LogP contribution >= 0.6 is 11.3 Å². The second kappa shape index (κ2) is 40.4.